The predicted octanol–water partition coefficient (Wildman–Crippen LogP) is 4.47. The lowest BCUT2D eigenvalue weighted by Gasteiger charge is -2.12. The van der Waals surface area contributed by atoms with Crippen LogP contribution in [0.3, 0.4) is 0 Å². The molecule has 0 aliphatic rings. The van der Waals surface area contributed by atoms with Gasteiger partial charge in [0.15, 0.2) is 11.6 Å². The maximum absolute atomic E-state index is 14.6. The molecule has 0 atom stereocenters. The Morgan fingerprint density at radius 1 is 1.35 bits per heavy atom. The van der Waals surface area contributed by atoms with Crippen LogP contribution in [0.15, 0.2) is 30.6 Å². The van der Waals surface area contributed by atoms with Crippen LogP contribution in [-0.4, -0.2) is 31.1 Å². The predicted molar refractivity (Wildman–Crippen MR) is 96.0 cm³/mol. The number of nitrogens with two attached hydrogens (primary N) is 1. The van der Waals surface area contributed by atoms with E-state index in [1.807, 2.05) is 0 Å². The minimum atomic E-state index is -0.766. The van der Waals surface area contributed by atoms with Crippen molar-refractivity contribution in [1.29, 1.82) is 0 Å². The molecule has 0 saturated heterocycles. The van der Waals surface area contributed by atoms with Crippen LogP contribution in [0.2, 0.25) is 10.0 Å². The number of ether oxygens (including phenoxy) is 2. The number of benzene rings is 1. The van der Waals surface area contributed by atoms with Gasteiger partial charge >= 0.3 is 0 Å². The van der Waals surface area contributed by atoms with Gasteiger partial charge in [-0.1, -0.05) is 29.8 Å². The molecule has 0 unspecified atom stereocenters. The number of ketones is 1. The molecule has 0 amide bonds. The summed E-state index contributed by atoms with van der Waals surface area (Å²) in [6.45, 7) is 2.08. The number of nitrogens with zero attached hydrogens (tertiary/aromatic N) is 1. The molecule has 1 aromatic carbocycles. The third kappa shape index (κ3) is 4.30. The summed E-state index contributed by atoms with van der Waals surface area (Å²) >= 11 is 11.9. The van der Waals surface area contributed by atoms with E-state index in [0.717, 1.165) is 0 Å². The minimum absolute atomic E-state index is 0.0155. The number of rotatable bonds is 7. The number of carbonyl (C=O) groups is 1. The quantitative estimate of drug-likeness (QED) is 0.691. The van der Waals surface area contributed by atoms with Crippen molar-refractivity contribution in [1.82, 2.24) is 4.98 Å². The molecule has 138 valence electrons. The zero-order valence-corrected chi connectivity index (χ0v) is 15.1. The highest BCUT2D eigenvalue weighted by molar-refractivity contribution is 6.36. The van der Waals surface area contributed by atoms with Gasteiger partial charge in [-0.25, -0.2) is 13.8 Å². The maximum atomic E-state index is 14.6. The molecule has 9 heteroatoms. The summed E-state index contributed by atoms with van der Waals surface area (Å²) in [6.07, 6.45) is 0. The van der Waals surface area contributed by atoms with Crippen LogP contribution in [0.4, 0.5) is 14.5 Å². The van der Waals surface area contributed by atoms with Crippen molar-refractivity contribution >= 4 is 34.7 Å². The summed E-state index contributed by atoms with van der Waals surface area (Å²) < 4.78 is 36.9. The highest BCUT2D eigenvalue weighted by Gasteiger charge is 2.21. The number of Topliss-reactive ketones (excluding diaryl/α,β-unsaturated/α-hetero) is 1. The van der Waals surface area contributed by atoms with E-state index in [1.165, 1.54) is 25.3 Å². The van der Waals surface area contributed by atoms with Gasteiger partial charge in [0.25, 0.3) is 0 Å². The zero-order chi connectivity index (χ0) is 19.4. The molecule has 2 rings (SSSR count). The summed E-state index contributed by atoms with van der Waals surface area (Å²) in [6, 6.07) is 4.10. The lowest BCUT2D eigenvalue weighted by molar-refractivity contribution is 0.0775. The Balaban J connectivity index is 2.45. The van der Waals surface area contributed by atoms with Gasteiger partial charge in [0.1, 0.15) is 18.1 Å². The number of nitrogen functional groups attached to an aromatic ring is 1. The van der Waals surface area contributed by atoms with E-state index in [4.69, 9.17) is 38.4 Å². The molecular formula is C17H14Cl2F2N2O3. The Morgan fingerprint density at radius 2 is 2.04 bits per heavy atom. The molecule has 0 bridgehead atoms. The van der Waals surface area contributed by atoms with Crippen LogP contribution in [0.25, 0.3) is 11.3 Å². The number of methoxy groups -OCH3 is 1. The second kappa shape index (κ2) is 8.44. The second-order valence-electron chi connectivity index (χ2n) is 5.13. The smallest absolute Gasteiger partial charge is 0.208 e. The third-order valence-electron chi connectivity index (χ3n) is 3.27. The summed E-state index contributed by atoms with van der Waals surface area (Å²) in [5.74, 6) is -2.32. The molecule has 1 heterocycles. The SMILES string of the molecule is C=C(F)COCC(=O)c1nc(-c2ccc(Cl)c(OC)c2F)cc(N)c1Cl. The second-order valence-corrected chi connectivity index (χ2v) is 5.92. The molecule has 0 fully saturated rings. The Kier molecular flexibility index (Phi) is 6.52. The van der Waals surface area contributed by atoms with E-state index in [-0.39, 0.29) is 38.4 Å². The van der Waals surface area contributed by atoms with Crippen LogP contribution >= 0.6 is 23.2 Å². The van der Waals surface area contributed by atoms with Crippen molar-refractivity contribution in [2.45, 2.75) is 0 Å². The number of hydrogen-bond donors (Lipinski definition) is 1. The van der Waals surface area contributed by atoms with E-state index < -0.39 is 30.6 Å². The zero-order valence-electron chi connectivity index (χ0n) is 13.6. The highest BCUT2D eigenvalue weighted by atomic mass is 35.5. The van der Waals surface area contributed by atoms with Crippen molar-refractivity contribution < 1.29 is 23.0 Å². The Labute approximate surface area is 158 Å². The monoisotopic (exact) mass is 402 g/mol. The van der Waals surface area contributed by atoms with Gasteiger partial charge in [-0.05, 0) is 18.2 Å². The Hall–Kier alpha value is -2.22. The Morgan fingerprint density at radius 3 is 2.65 bits per heavy atom. The topological polar surface area (TPSA) is 74.4 Å². The van der Waals surface area contributed by atoms with E-state index in [9.17, 15) is 13.6 Å². The number of hydrogen-bond acceptors (Lipinski definition) is 5. The van der Waals surface area contributed by atoms with Gasteiger partial charge in [-0.2, -0.15) is 0 Å². The van der Waals surface area contributed by atoms with Gasteiger partial charge in [-0.15, -0.1) is 0 Å². The number of anilines is 1. The van der Waals surface area contributed by atoms with Crippen LogP contribution in [0, 0.1) is 5.82 Å². The first-order valence-electron chi connectivity index (χ1n) is 7.18. The van der Waals surface area contributed by atoms with Crippen molar-refractivity contribution in [3.05, 3.63) is 52.2 Å². The van der Waals surface area contributed by atoms with Crippen molar-refractivity contribution in [3.63, 3.8) is 0 Å². The molecule has 0 saturated carbocycles. The minimum Gasteiger partial charge on any atom is -0.492 e. The first kappa shape index (κ1) is 20.1. The fourth-order valence-corrected chi connectivity index (χ4v) is 2.54. The molecule has 0 radical (unpaired) electrons. The first-order valence-corrected chi connectivity index (χ1v) is 7.94. The van der Waals surface area contributed by atoms with Crippen LogP contribution < -0.4 is 10.5 Å². The lowest BCUT2D eigenvalue weighted by Crippen LogP contribution is -2.14. The van der Waals surface area contributed by atoms with E-state index in [2.05, 4.69) is 11.6 Å². The molecule has 1 aromatic heterocycles. The van der Waals surface area contributed by atoms with E-state index in [0.29, 0.717) is 0 Å². The summed E-state index contributed by atoms with van der Waals surface area (Å²) in [5.41, 5.74) is 5.67. The highest BCUT2D eigenvalue weighted by Crippen LogP contribution is 2.36. The van der Waals surface area contributed by atoms with Crippen LogP contribution in [-0.2, 0) is 4.74 Å². The molecule has 5 nitrogen and oxygen atoms in total. The average Bonchev–Trinajstić information content (AvgIpc) is 2.57. The van der Waals surface area contributed by atoms with Crippen LogP contribution in [0.5, 0.6) is 5.75 Å². The number of carbonyl (C=O) groups excluding carboxylic acids is 1. The molecule has 2 aromatic rings. The summed E-state index contributed by atoms with van der Waals surface area (Å²) in [5, 5.41) is -0.0328. The van der Waals surface area contributed by atoms with Crippen molar-refractivity contribution in [3.8, 4) is 17.0 Å². The molecule has 2 N–H and O–H groups in total. The maximum Gasteiger partial charge on any atom is 0.208 e. The number of halogens is 4. The molecule has 26 heavy (non-hydrogen) atoms. The molecular weight excluding hydrogens is 389 g/mol. The number of aromatic nitrogens is 1. The summed E-state index contributed by atoms with van der Waals surface area (Å²) in [7, 11) is 1.27. The fourth-order valence-electron chi connectivity index (χ4n) is 2.11. The molecule has 0 aliphatic heterocycles. The van der Waals surface area contributed by atoms with Gasteiger partial charge < -0.3 is 15.2 Å². The first-order chi connectivity index (χ1) is 12.3. The van der Waals surface area contributed by atoms with E-state index in [1.54, 1.807) is 0 Å². The standard InChI is InChI=1S/C17H14Cl2F2N2O3/c1-8(20)6-26-7-13(24)16-14(19)11(22)5-12(23-16)9-3-4-10(18)17(25-2)15(9)21/h3-5H,1,6-7H2,2H3,(H2,22,23). The molecule has 0 spiro atoms. The van der Waals surface area contributed by atoms with Gasteiger partial charge in [0.2, 0.25) is 5.78 Å². The van der Waals surface area contributed by atoms with Gasteiger partial charge in [0, 0.05) is 5.56 Å². The average molecular weight is 403 g/mol. The largest absolute Gasteiger partial charge is 0.492 e. The Bertz CT molecular complexity index is 876. The van der Waals surface area contributed by atoms with Gasteiger partial charge in [-0.3, -0.25) is 4.79 Å². The fraction of sp³-hybridized carbons (Fsp3) is 0.176. The van der Waals surface area contributed by atoms with Crippen molar-refractivity contribution in [2.24, 2.45) is 0 Å². The van der Waals surface area contributed by atoms with Crippen LogP contribution in [0.1, 0.15) is 10.5 Å². The third-order valence-corrected chi connectivity index (χ3v) is 3.97. The van der Waals surface area contributed by atoms with E-state index >= 15 is 0 Å². The van der Waals surface area contributed by atoms with Gasteiger partial charge in [0.05, 0.1) is 35.1 Å². The lowest BCUT2D eigenvalue weighted by atomic mass is 10.1. The summed E-state index contributed by atoms with van der Waals surface area (Å²) in [4.78, 5) is 16.3. The normalized spacial score (nSPS) is 10.7. The number of pyridine rings is 1. The van der Waals surface area contributed by atoms with Crippen molar-refractivity contribution in [2.75, 3.05) is 26.1 Å². The molecule has 0 aliphatic carbocycles.